The van der Waals surface area contributed by atoms with Crippen molar-refractivity contribution < 1.29 is 4.74 Å². The summed E-state index contributed by atoms with van der Waals surface area (Å²) in [7, 11) is 0. The zero-order valence-corrected chi connectivity index (χ0v) is 7.49. The first-order valence-electron chi connectivity index (χ1n) is 4.62. The molecule has 0 amide bonds. The number of ether oxygens (including phenoxy) is 1. The lowest BCUT2D eigenvalue weighted by Gasteiger charge is -2.26. The van der Waals surface area contributed by atoms with Gasteiger partial charge >= 0.3 is 0 Å². The van der Waals surface area contributed by atoms with E-state index in [0.717, 1.165) is 11.3 Å². The zero-order chi connectivity index (χ0) is 9.10. The molecule has 1 aliphatic carbocycles. The summed E-state index contributed by atoms with van der Waals surface area (Å²) in [5, 5.41) is 0. The van der Waals surface area contributed by atoms with Gasteiger partial charge in [0.2, 0.25) is 0 Å². The number of hydrogen-bond donors (Lipinski definition) is 0. The molecule has 1 aromatic carbocycles. The second-order valence-electron chi connectivity index (χ2n) is 3.34. The third-order valence-corrected chi connectivity index (χ3v) is 2.36. The Morgan fingerprint density at radius 3 is 2.85 bits per heavy atom. The fraction of sp³-hybridized carbons (Fsp3) is 0.333. The number of rotatable bonds is 2. The number of terminal acetylenes is 1. The molecule has 1 aliphatic rings. The van der Waals surface area contributed by atoms with Crippen molar-refractivity contribution in [3.05, 3.63) is 29.8 Å². The summed E-state index contributed by atoms with van der Waals surface area (Å²) in [5.74, 6) is 3.50. The zero-order valence-electron chi connectivity index (χ0n) is 7.49. The Kier molecular flexibility index (Phi) is 2.23. The molecular formula is C12H12O. The molecule has 0 spiro atoms. The lowest BCUT2D eigenvalue weighted by molar-refractivity contribution is 0.120. The molecule has 0 N–H and O–H groups in total. The van der Waals surface area contributed by atoms with Gasteiger partial charge < -0.3 is 4.74 Å². The highest BCUT2D eigenvalue weighted by Crippen LogP contribution is 2.25. The Balaban J connectivity index is 2.07. The topological polar surface area (TPSA) is 9.23 Å². The van der Waals surface area contributed by atoms with Crippen LogP contribution >= 0.6 is 0 Å². The van der Waals surface area contributed by atoms with Crippen molar-refractivity contribution in [1.29, 1.82) is 0 Å². The highest BCUT2D eigenvalue weighted by atomic mass is 16.5. The summed E-state index contributed by atoms with van der Waals surface area (Å²) in [5.41, 5.74) is 0.886. The molecule has 0 heterocycles. The van der Waals surface area contributed by atoms with Crippen molar-refractivity contribution in [3.63, 3.8) is 0 Å². The average molecular weight is 172 g/mol. The molecule has 66 valence electrons. The summed E-state index contributed by atoms with van der Waals surface area (Å²) in [6.45, 7) is 0. The van der Waals surface area contributed by atoms with E-state index in [-0.39, 0.29) is 0 Å². The van der Waals surface area contributed by atoms with Gasteiger partial charge in [-0.3, -0.25) is 0 Å². The van der Waals surface area contributed by atoms with Gasteiger partial charge in [0.15, 0.2) is 0 Å². The first-order valence-corrected chi connectivity index (χ1v) is 4.62. The molecule has 0 bridgehead atoms. The Bertz CT molecular complexity index is 331. The summed E-state index contributed by atoms with van der Waals surface area (Å²) in [4.78, 5) is 0. The fourth-order valence-electron chi connectivity index (χ4n) is 1.34. The van der Waals surface area contributed by atoms with E-state index in [1.165, 1.54) is 19.3 Å². The maximum Gasteiger partial charge on any atom is 0.120 e. The predicted molar refractivity (Wildman–Crippen MR) is 52.6 cm³/mol. The normalized spacial score (nSPS) is 15.9. The smallest absolute Gasteiger partial charge is 0.120 e. The van der Waals surface area contributed by atoms with Crippen molar-refractivity contribution in [3.8, 4) is 18.1 Å². The third-order valence-electron chi connectivity index (χ3n) is 2.36. The van der Waals surface area contributed by atoms with Crippen molar-refractivity contribution >= 4 is 0 Å². The lowest BCUT2D eigenvalue weighted by atomic mass is 9.96. The van der Waals surface area contributed by atoms with E-state index in [4.69, 9.17) is 11.2 Å². The minimum absolute atomic E-state index is 0.424. The molecule has 1 heteroatoms. The number of benzene rings is 1. The predicted octanol–water partition coefficient (Wildman–Crippen LogP) is 2.60. The van der Waals surface area contributed by atoms with E-state index in [2.05, 4.69) is 5.92 Å². The molecule has 0 aromatic heterocycles. The second-order valence-corrected chi connectivity index (χ2v) is 3.34. The van der Waals surface area contributed by atoms with Gasteiger partial charge in [-0.25, -0.2) is 0 Å². The highest BCUT2D eigenvalue weighted by Gasteiger charge is 2.18. The van der Waals surface area contributed by atoms with Crippen molar-refractivity contribution in [1.82, 2.24) is 0 Å². The van der Waals surface area contributed by atoms with E-state index in [1.807, 2.05) is 24.3 Å². The molecule has 0 unspecified atom stereocenters. The van der Waals surface area contributed by atoms with Gasteiger partial charge in [-0.15, -0.1) is 6.42 Å². The molecule has 1 aromatic rings. The Morgan fingerprint density at radius 2 is 2.23 bits per heavy atom. The van der Waals surface area contributed by atoms with Crippen LogP contribution in [0.25, 0.3) is 0 Å². The number of hydrogen-bond acceptors (Lipinski definition) is 1. The highest BCUT2D eigenvalue weighted by molar-refractivity contribution is 5.38. The summed E-state index contributed by atoms with van der Waals surface area (Å²) in [6.07, 6.45) is 9.37. The summed E-state index contributed by atoms with van der Waals surface area (Å²) < 4.78 is 5.70. The van der Waals surface area contributed by atoms with Gasteiger partial charge in [0.25, 0.3) is 0 Å². The van der Waals surface area contributed by atoms with Crippen molar-refractivity contribution in [2.75, 3.05) is 0 Å². The molecule has 0 atom stereocenters. The standard InChI is InChI=1S/C12H12O/c1-2-10-5-3-8-12(9-10)13-11-6-4-7-11/h1,3,5,8-9,11H,4,6-7H2. The van der Waals surface area contributed by atoms with Crippen LogP contribution in [0.1, 0.15) is 24.8 Å². The Hall–Kier alpha value is -1.42. The summed E-state index contributed by atoms with van der Waals surface area (Å²) in [6, 6.07) is 7.72. The lowest BCUT2D eigenvalue weighted by Crippen LogP contribution is -2.24. The van der Waals surface area contributed by atoms with Gasteiger partial charge in [-0.05, 0) is 37.5 Å². The largest absolute Gasteiger partial charge is 0.490 e. The van der Waals surface area contributed by atoms with E-state index >= 15 is 0 Å². The molecule has 1 saturated carbocycles. The maximum absolute atomic E-state index is 5.70. The van der Waals surface area contributed by atoms with E-state index in [0.29, 0.717) is 6.10 Å². The van der Waals surface area contributed by atoms with Gasteiger partial charge in [0, 0.05) is 5.56 Å². The molecule has 13 heavy (non-hydrogen) atoms. The molecule has 0 aliphatic heterocycles. The van der Waals surface area contributed by atoms with E-state index in [1.54, 1.807) is 0 Å². The van der Waals surface area contributed by atoms with Crippen LogP contribution in [-0.4, -0.2) is 6.10 Å². The Morgan fingerprint density at radius 1 is 1.38 bits per heavy atom. The minimum Gasteiger partial charge on any atom is -0.490 e. The monoisotopic (exact) mass is 172 g/mol. The average Bonchev–Trinajstić information content (AvgIpc) is 2.12. The molecule has 1 nitrogen and oxygen atoms in total. The molecule has 0 saturated heterocycles. The Labute approximate surface area is 78.7 Å². The van der Waals surface area contributed by atoms with Crippen LogP contribution in [0.4, 0.5) is 0 Å². The third kappa shape index (κ3) is 1.84. The minimum atomic E-state index is 0.424. The van der Waals surface area contributed by atoms with Crippen LogP contribution in [-0.2, 0) is 0 Å². The van der Waals surface area contributed by atoms with Gasteiger partial charge in [0.05, 0.1) is 6.10 Å². The molecule has 0 radical (unpaired) electrons. The quantitative estimate of drug-likeness (QED) is 0.623. The van der Waals surface area contributed by atoms with Crippen LogP contribution in [0.5, 0.6) is 5.75 Å². The van der Waals surface area contributed by atoms with Crippen LogP contribution in [0, 0.1) is 12.3 Å². The SMILES string of the molecule is C#Cc1cccc(OC2CCC2)c1. The molecule has 2 rings (SSSR count). The summed E-state index contributed by atoms with van der Waals surface area (Å²) >= 11 is 0. The van der Waals surface area contributed by atoms with Crippen molar-refractivity contribution in [2.45, 2.75) is 25.4 Å². The van der Waals surface area contributed by atoms with E-state index < -0.39 is 0 Å². The maximum atomic E-state index is 5.70. The van der Waals surface area contributed by atoms with Crippen LogP contribution in [0.3, 0.4) is 0 Å². The van der Waals surface area contributed by atoms with Crippen LogP contribution < -0.4 is 4.74 Å². The van der Waals surface area contributed by atoms with Crippen molar-refractivity contribution in [2.24, 2.45) is 0 Å². The molecule has 1 fully saturated rings. The van der Waals surface area contributed by atoms with Crippen LogP contribution in [0.15, 0.2) is 24.3 Å². The van der Waals surface area contributed by atoms with Gasteiger partial charge in [-0.1, -0.05) is 12.0 Å². The first kappa shape index (κ1) is 8.19. The van der Waals surface area contributed by atoms with Crippen LogP contribution in [0.2, 0.25) is 0 Å². The van der Waals surface area contributed by atoms with Gasteiger partial charge in [-0.2, -0.15) is 0 Å². The fourth-order valence-corrected chi connectivity index (χ4v) is 1.34. The molecular weight excluding hydrogens is 160 g/mol. The second kappa shape index (κ2) is 3.53. The van der Waals surface area contributed by atoms with Gasteiger partial charge in [0.1, 0.15) is 5.75 Å². The first-order chi connectivity index (χ1) is 6.38. The van der Waals surface area contributed by atoms with E-state index in [9.17, 15) is 0 Å².